The van der Waals surface area contributed by atoms with Crippen molar-refractivity contribution in [3.8, 4) is 0 Å². The lowest BCUT2D eigenvalue weighted by atomic mass is 10.3. The molecule has 0 aliphatic rings. The van der Waals surface area contributed by atoms with Gasteiger partial charge in [-0.25, -0.2) is 0 Å². The van der Waals surface area contributed by atoms with Gasteiger partial charge in [0.25, 0.3) is 0 Å². The zero-order valence-electron chi connectivity index (χ0n) is 5.51. The zero-order chi connectivity index (χ0) is 7.11. The predicted octanol–water partition coefficient (Wildman–Crippen LogP) is 0.309. The summed E-state index contributed by atoms with van der Waals surface area (Å²) in [6.45, 7) is 8.22. The fourth-order valence-corrected chi connectivity index (χ4v) is 0.417. The number of aliphatic hydroxyl groups excluding tert-OH is 1. The van der Waals surface area contributed by atoms with Gasteiger partial charge in [0.1, 0.15) is 0 Å². The Hall–Kier alpha value is -0.600. The summed E-state index contributed by atoms with van der Waals surface area (Å²) in [4.78, 5) is 0. The van der Waals surface area contributed by atoms with E-state index in [1.165, 1.54) is 6.08 Å². The standard InChI is InChI=1S/C7H13NO/c1-3-5-8-6-7(9)4-2/h3-4,7-9H,1-2,5-6H2/t7-/m1/s1. The van der Waals surface area contributed by atoms with E-state index < -0.39 is 6.10 Å². The van der Waals surface area contributed by atoms with Crippen LogP contribution in [0.25, 0.3) is 0 Å². The summed E-state index contributed by atoms with van der Waals surface area (Å²) in [6.07, 6.45) is 2.80. The van der Waals surface area contributed by atoms with Crippen molar-refractivity contribution >= 4 is 0 Å². The summed E-state index contributed by atoms with van der Waals surface area (Å²) in [6, 6.07) is 0. The van der Waals surface area contributed by atoms with E-state index in [9.17, 15) is 0 Å². The summed E-state index contributed by atoms with van der Waals surface area (Å²) in [7, 11) is 0. The Morgan fingerprint density at radius 1 is 1.56 bits per heavy atom. The van der Waals surface area contributed by atoms with Crippen molar-refractivity contribution in [2.24, 2.45) is 0 Å². The lowest BCUT2D eigenvalue weighted by molar-refractivity contribution is 0.221. The van der Waals surface area contributed by atoms with Crippen LogP contribution in [-0.4, -0.2) is 24.3 Å². The Kier molecular flexibility index (Phi) is 5.17. The highest BCUT2D eigenvalue weighted by Gasteiger charge is 1.92. The van der Waals surface area contributed by atoms with Gasteiger partial charge in [-0.2, -0.15) is 0 Å². The molecule has 0 radical (unpaired) electrons. The van der Waals surface area contributed by atoms with Crippen LogP contribution in [0.15, 0.2) is 25.3 Å². The van der Waals surface area contributed by atoms with Crippen LogP contribution < -0.4 is 5.32 Å². The Labute approximate surface area is 55.9 Å². The topological polar surface area (TPSA) is 32.3 Å². The maximum absolute atomic E-state index is 8.87. The number of nitrogens with one attached hydrogen (secondary N) is 1. The van der Waals surface area contributed by atoms with Crippen LogP contribution in [0.5, 0.6) is 0 Å². The highest BCUT2D eigenvalue weighted by atomic mass is 16.3. The molecule has 2 nitrogen and oxygen atoms in total. The molecular weight excluding hydrogens is 114 g/mol. The lowest BCUT2D eigenvalue weighted by Gasteiger charge is -2.03. The van der Waals surface area contributed by atoms with E-state index >= 15 is 0 Å². The van der Waals surface area contributed by atoms with Gasteiger partial charge in [0, 0.05) is 13.1 Å². The van der Waals surface area contributed by atoms with Crippen molar-refractivity contribution in [1.82, 2.24) is 5.32 Å². The summed E-state index contributed by atoms with van der Waals surface area (Å²) in [5.41, 5.74) is 0. The fraction of sp³-hybridized carbons (Fsp3) is 0.429. The van der Waals surface area contributed by atoms with Crippen LogP contribution in [0, 0.1) is 0 Å². The van der Waals surface area contributed by atoms with Gasteiger partial charge in [0.05, 0.1) is 6.10 Å². The van der Waals surface area contributed by atoms with E-state index in [1.807, 2.05) is 0 Å². The normalized spacial score (nSPS) is 12.6. The van der Waals surface area contributed by atoms with Crippen LogP contribution in [0.4, 0.5) is 0 Å². The fourth-order valence-electron chi connectivity index (χ4n) is 0.417. The van der Waals surface area contributed by atoms with Gasteiger partial charge in [0.15, 0.2) is 0 Å². The minimum Gasteiger partial charge on any atom is -0.388 e. The van der Waals surface area contributed by atoms with Gasteiger partial charge in [-0.15, -0.1) is 13.2 Å². The minimum atomic E-state index is -0.440. The molecule has 0 amide bonds. The molecule has 9 heavy (non-hydrogen) atoms. The van der Waals surface area contributed by atoms with E-state index in [2.05, 4.69) is 18.5 Å². The van der Waals surface area contributed by atoms with Gasteiger partial charge in [0.2, 0.25) is 0 Å². The molecule has 2 N–H and O–H groups in total. The highest BCUT2D eigenvalue weighted by molar-refractivity contribution is 4.81. The monoisotopic (exact) mass is 127 g/mol. The molecule has 0 fully saturated rings. The molecule has 0 aliphatic heterocycles. The van der Waals surface area contributed by atoms with Gasteiger partial charge < -0.3 is 10.4 Å². The molecule has 0 spiro atoms. The molecule has 0 aromatic carbocycles. The van der Waals surface area contributed by atoms with E-state index in [0.29, 0.717) is 6.54 Å². The first-order valence-electron chi connectivity index (χ1n) is 2.93. The Morgan fingerprint density at radius 3 is 2.67 bits per heavy atom. The molecule has 0 saturated heterocycles. The second kappa shape index (κ2) is 5.54. The smallest absolute Gasteiger partial charge is 0.0842 e. The first-order chi connectivity index (χ1) is 4.31. The highest BCUT2D eigenvalue weighted by Crippen LogP contribution is 1.78. The third-order valence-electron chi connectivity index (χ3n) is 0.914. The van der Waals surface area contributed by atoms with Crippen molar-refractivity contribution in [3.05, 3.63) is 25.3 Å². The molecule has 0 aromatic rings. The molecule has 0 saturated carbocycles. The average Bonchev–Trinajstić information content (AvgIpc) is 1.89. The summed E-state index contributed by atoms with van der Waals surface area (Å²) in [5, 5.41) is 11.8. The Balaban J connectivity index is 3.05. The third-order valence-corrected chi connectivity index (χ3v) is 0.914. The predicted molar refractivity (Wildman–Crippen MR) is 39.3 cm³/mol. The van der Waals surface area contributed by atoms with Crippen molar-refractivity contribution < 1.29 is 5.11 Å². The maximum atomic E-state index is 8.87. The second-order valence-corrected chi connectivity index (χ2v) is 1.75. The SMILES string of the molecule is C=CCNC[C@H](O)C=C. The van der Waals surface area contributed by atoms with E-state index in [-0.39, 0.29) is 0 Å². The van der Waals surface area contributed by atoms with Crippen LogP contribution in [0.3, 0.4) is 0 Å². The van der Waals surface area contributed by atoms with Gasteiger partial charge in [-0.05, 0) is 0 Å². The first kappa shape index (κ1) is 8.40. The molecule has 0 heterocycles. The van der Waals surface area contributed by atoms with E-state index in [4.69, 9.17) is 5.11 Å². The van der Waals surface area contributed by atoms with Gasteiger partial charge in [-0.1, -0.05) is 12.2 Å². The molecular formula is C7H13NO. The number of rotatable bonds is 5. The minimum absolute atomic E-state index is 0.440. The maximum Gasteiger partial charge on any atom is 0.0842 e. The van der Waals surface area contributed by atoms with Crippen molar-refractivity contribution in [2.45, 2.75) is 6.10 Å². The summed E-state index contributed by atoms with van der Waals surface area (Å²) < 4.78 is 0. The number of hydrogen-bond donors (Lipinski definition) is 2. The molecule has 0 aromatic heterocycles. The third kappa shape index (κ3) is 5.27. The molecule has 0 bridgehead atoms. The molecule has 0 unspecified atom stereocenters. The lowest BCUT2D eigenvalue weighted by Crippen LogP contribution is -2.24. The molecule has 52 valence electrons. The zero-order valence-corrected chi connectivity index (χ0v) is 5.51. The van der Waals surface area contributed by atoms with Crippen molar-refractivity contribution in [3.63, 3.8) is 0 Å². The van der Waals surface area contributed by atoms with Crippen LogP contribution in [0.2, 0.25) is 0 Å². The Morgan fingerprint density at radius 2 is 2.22 bits per heavy atom. The van der Waals surface area contributed by atoms with Crippen LogP contribution in [0.1, 0.15) is 0 Å². The first-order valence-corrected chi connectivity index (χ1v) is 2.93. The average molecular weight is 127 g/mol. The molecule has 0 aliphatic carbocycles. The van der Waals surface area contributed by atoms with Gasteiger partial charge >= 0.3 is 0 Å². The van der Waals surface area contributed by atoms with Crippen molar-refractivity contribution in [2.75, 3.05) is 13.1 Å². The summed E-state index contributed by atoms with van der Waals surface area (Å²) >= 11 is 0. The second-order valence-electron chi connectivity index (χ2n) is 1.75. The van der Waals surface area contributed by atoms with E-state index in [0.717, 1.165) is 6.54 Å². The molecule has 0 rings (SSSR count). The number of aliphatic hydroxyl groups is 1. The number of hydrogen-bond acceptors (Lipinski definition) is 2. The van der Waals surface area contributed by atoms with Crippen molar-refractivity contribution in [1.29, 1.82) is 0 Å². The largest absolute Gasteiger partial charge is 0.388 e. The summed E-state index contributed by atoms with van der Waals surface area (Å²) in [5.74, 6) is 0. The van der Waals surface area contributed by atoms with Crippen LogP contribution in [-0.2, 0) is 0 Å². The molecule has 2 heteroatoms. The van der Waals surface area contributed by atoms with E-state index in [1.54, 1.807) is 6.08 Å². The van der Waals surface area contributed by atoms with Crippen LogP contribution >= 0.6 is 0 Å². The Bertz CT molecular complexity index is 90.9. The molecule has 1 atom stereocenters. The van der Waals surface area contributed by atoms with Gasteiger partial charge in [-0.3, -0.25) is 0 Å². The quantitative estimate of drug-likeness (QED) is 0.411.